The Morgan fingerprint density at radius 1 is 0.975 bits per heavy atom. The van der Waals surface area contributed by atoms with Gasteiger partial charge in [0, 0.05) is 50.1 Å². The second kappa shape index (κ2) is 12.4. The third-order valence-electron chi connectivity index (χ3n) is 6.99. The molecule has 9 nitrogen and oxygen atoms in total. The Bertz CT molecular complexity index is 1530. The summed E-state index contributed by atoms with van der Waals surface area (Å²) in [6.07, 6.45) is 1.17. The summed E-state index contributed by atoms with van der Waals surface area (Å²) < 4.78 is 6.24. The Hall–Kier alpha value is -3.37. The van der Waals surface area contributed by atoms with E-state index in [2.05, 4.69) is 33.8 Å². The predicted molar refractivity (Wildman–Crippen MR) is 161 cm³/mol. The van der Waals surface area contributed by atoms with Crippen molar-refractivity contribution < 1.29 is 9.57 Å². The number of ether oxygens (including phenoxy) is 1. The molecule has 0 atom stereocenters. The molecular weight excluding hydrogens is 551 g/mol. The number of methoxy groups -OCH3 is 1. The summed E-state index contributed by atoms with van der Waals surface area (Å²) in [5, 5.41) is 1.10. The van der Waals surface area contributed by atoms with E-state index in [4.69, 9.17) is 43.5 Å². The standard InChI is InChI=1S/C29H32Cl2N6O3/c1-3-11-35-12-14-36(15-13-35)20-9-7-19(8-10-20)27-33-26(32)22-18-21(25-23(30)5-4-6-24(25)31)29(38)37(28(22)34-27)40-17-16-39-2/h4-10,18H,3,11-17H2,1-2H3,(H2,32,33,34). The molecule has 210 valence electrons. The lowest BCUT2D eigenvalue weighted by molar-refractivity contribution is 0.0584. The maximum Gasteiger partial charge on any atom is 0.293 e. The van der Waals surface area contributed by atoms with Crippen molar-refractivity contribution in [3.05, 3.63) is 68.9 Å². The molecule has 2 aromatic heterocycles. The molecule has 1 saturated heterocycles. The zero-order chi connectivity index (χ0) is 28.2. The van der Waals surface area contributed by atoms with E-state index in [-0.39, 0.29) is 30.2 Å². The van der Waals surface area contributed by atoms with Crippen LogP contribution in [0.2, 0.25) is 10.0 Å². The molecule has 1 fully saturated rings. The van der Waals surface area contributed by atoms with Crippen LogP contribution in [0.25, 0.3) is 33.5 Å². The zero-order valence-corrected chi connectivity index (χ0v) is 24.1. The van der Waals surface area contributed by atoms with E-state index in [0.717, 1.165) is 48.7 Å². The fourth-order valence-electron chi connectivity index (χ4n) is 4.94. The first kappa shape index (κ1) is 28.2. The number of aromatic nitrogens is 3. The van der Waals surface area contributed by atoms with Gasteiger partial charge in [0.05, 0.1) is 27.6 Å². The second-order valence-electron chi connectivity index (χ2n) is 9.63. The number of nitrogens with two attached hydrogens (primary N) is 1. The molecular formula is C29H32Cl2N6O3. The van der Waals surface area contributed by atoms with Gasteiger partial charge in [0.15, 0.2) is 11.5 Å². The molecule has 11 heteroatoms. The minimum Gasteiger partial charge on any atom is -0.406 e. The Morgan fingerprint density at radius 2 is 1.68 bits per heavy atom. The minimum absolute atomic E-state index is 0.116. The molecule has 0 aliphatic carbocycles. The Kier molecular flexibility index (Phi) is 8.75. The van der Waals surface area contributed by atoms with E-state index in [1.807, 2.05) is 12.1 Å². The van der Waals surface area contributed by atoms with Crippen molar-refractivity contribution in [2.75, 3.05) is 63.7 Å². The highest BCUT2D eigenvalue weighted by Gasteiger charge is 2.21. The average Bonchev–Trinajstić information content (AvgIpc) is 2.95. The summed E-state index contributed by atoms with van der Waals surface area (Å²) in [6, 6.07) is 14.7. The third kappa shape index (κ3) is 5.74. The van der Waals surface area contributed by atoms with Crippen LogP contribution in [0.3, 0.4) is 0 Å². The number of nitrogen functional groups attached to an aromatic ring is 1. The summed E-state index contributed by atoms with van der Waals surface area (Å²) in [4.78, 5) is 33.7. The molecule has 2 N–H and O–H groups in total. The van der Waals surface area contributed by atoms with E-state index < -0.39 is 5.56 Å². The lowest BCUT2D eigenvalue weighted by Gasteiger charge is -2.36. The number of piperazine rings is 1. The lowest BCUT2D eigenvalue weighted by atomic mass is 10.1. The highest BCUT2D eigenvalue weighted by atomic mass is 35.5. The van der Waals surface area contributed by atoms with Crippen LogP contribution in [0, 0.1) is 0 Å². The molecule has 5 rings (SSSR count). The van der Waals surface area contributed by atoms with Crippen molar-refractivity contribution in [2.24, 2.45) is 0 Å². The first-order valence-electron chi connectivity index (χ1n) is 13.3. The van der Waals surface area contributed by atoms with Gasteiger partial charge in [0.25, 0.3) is 5.56 Å². The number of anilines is 2. The van der Waals surface area contributed by atoms with Crippen molar-refractivity contribution in [3.8, 4) is 22.5 Å². The van der Waals surface area contributed by atoms with Crippen molar-refractivity contribution in [1.29, 1.82) is 0 Å². The van der Waals surface area contributed by atoms with Gasteiger partial charge < -0.3 is 20.2 Å². The number of hydrogen-bond acceptors (Lipinski definition) is 8. The molecule has 0 amide bonds. The first-order chi connectivity index (χ1) is 19.4. The van der Waals surface area contributed by atoms with Gasteiger partial charge in [-0.1, -0.05) is 36.2 Å². The first-order valence-corrected chi connectivity index (χ1v) is 14.0. The van der Waals surface area contributed by atoms with Gasteiger partial charge in [0.2, 0.25) is 0 Å². The van der Waals surface area contributed by atoms with Crippen LogP contribution in [-0.2, 0) is 4.74 Å². The van der Waals surface area contributed by atoms with Crippen molar-refractivity contribution in [1.82, 2.24) is 19.6 Å². The monoisotopic (exact) mass is 582 g/mol. The van der Waals surface area contributed by atoms with E-state index in [0.29, 0.717) is 26.8 Å². The number of rotatable bonds is 9. The number of pyridine rings is 1. The van der Waals surface area contributed by atoms with Crippen LogP contribution >= 0.6 is 23.2 Å². The summed E-state index contributed by atoms with van der Waals surface area (Å²) in [5.41, 5.74) is 8.76. The lowest BCUT2D eigenvalue weighted by Crippen LogP contribution is -2.46. The highest BCUT2D eigenvalue weighted by Crippen LogP contribution is 2.35. The minimum atomic E-state index is -0.472. The molecule has 3 heterocycles. The quantitative estimate of drug-likeness (QED) is 0.285. The van der Waals surface area contributed by atoms with Crippen LogP contribution in [0.5, 0.6) is 0 Å². The topological polar surface area (TPSA) is 98.7 Å². The van der Waals surface area contributed by atoms with Crippen LogP contribution in [0.1, 0.15) is 13.3 Å². The third-order valence-corrected chi connectivity index (χ3v) is 7.62. The van der Waals surface area contributed by atoms with Gasteiger partial charge in [-0.25, -0.2) is 9.97 Å². The van der Waals surface area contributed by atoms with E-state index >= 15 is 0 Å². The SMILES string of the molecule is CCCN1CCN(c2ccc(-c3nc(N)c4cc(-c5c(Cl)cccc5Cl)c(=O)n(OCCOC)c4n3)cc2)CC1. The van der Waals surface area contributed by atoms with Crippen molar-refractivity contribution >= 4 is 45.7 Å². The zero-order valence-electron chi connectivity index (χ0n) is 22.6. The number of halogens is 2. The van der Waals surface area contributed by atoms with Crippen molar-refractivity contribution in [2.45, 2.75) is 13.3 Å². The van der Waals surface area contributed by atoms with Gasteiger partial charge in [-0.05, 0) is 55.4 Å². The number of fused-ring (bicyclic) bond motifs is 1. The maximum atomic E-state index is 13.7. The van der Waals surface area contributed by atoms with Gasteiger partial charge >= 0.3 is 0 Å². The van der Waals surface area contributed by atoms with E-state index in [1.54, 1.807) is 31.4 Å². The fourth-order valence-corrected chi connectivity index (χ4v) is 5.54. The summed E-state index contributed by atoms with van der Waals surface area (Å²) in [5.74, 6) is 0.584. The van der Waals surface area contributed by atoms with E-state index in [9.17, 15) is 4.79 Å². The number of nitrogens with zero attached hydrogens (tertiary/aromatic N) is 5. The van der Waals surface area contributed by atoms with Crippen LogP contribution in [0.15, 0.2) is 53.3 Å². The number of hydrogen-bond donors (Lipinski definition) is 1. The number of benzene rings is 2. The average molecular weight is 584 g/mol. The van der Waals surface area contributed by atoms with Crippen LogP contribution < -0.4 is 21.0 Å². The molecule has 0 unspecified atom stereocenters. The van der Waals surface area contributed by atoms with Gasteiger partial charge in [0.1, 0.15) is 12.4 Å². The van der Waals surface area contributed by atoms with Crippen molar-refractivity contribution in [3.63, 3.8) is 0 Å². The largest absolute Gasteiger partial charge is 0.406 e. The second-order valence-corrected chi connectivity index (χ2v) is 10.4. The molecule has 0 saturated carbocycles. The smallest absolute Gasteiger partial charge is 0.293 e. The van der Waals surface area contributed by atoms with Gasteiger partial charge in [-0.15, -0.1) is 4.73 Å². The molecule has 0 bridgehead atoms. The van der Waals surface area contributed by atoms with Crippen LogP contribution in [-0.4, -0.2) is 72.6 Å². The highest BCUT2D eigenvalue weighted by molar-refractivity contribution is 6.39. The van der Waals surface area contributed by atoms with Crippen LogP contribution in [0.4, 0.5) is 11.5 Å². The molecule has 1 aliphatic heterocycles. The molecule has 0 spiro atoms. The van der Waals surface area contributed by atoms with Gasteiger partial charge in [-0.2, -0.15) is 0 Å². The normalized spacial score (nSPS) is 14.2. The molecule has 2 aromatic carbocycles. The van der Waals surface area contributed by atoms with Gasteiger partial charge in [-0.3, -0.25) is 9.69 Å². The van der Waals surface area contributed by atoms with E-state index in [1.165, 1.54) is 6.42 Å². The Balaban J connectivity index is 1.54. The summed E-state index contributed by atoms with van der Waals surface area (Å²) in [6.45, 7) is 7.83. The predicted octanol–water partition coefficient (Wildman–Crippen LogP) is 4.62. The molecule has 4 aromatic rings. The molecule has 40 heavy (non-hydrogen) atoms. The fraction of sp³-hybridized carbons (Fsp3) is 0.345. The molecule has 1 aliphatic rings. The summed E-state index contributed by atoms with van der Waals surface area (Å²) in [7, 11) is 1.55. The molecule has 0 radical (unpaired) electrons. The Morgan fingerprint density at radius 3 is 2.33 bits per heavy atom. The Labute approximate surface area is 243 Å². The maximum absolute atomic E-state index is 13.7. The summed E-state index contributed by atoms with van der Waals surface area (Å²) >= 11 is 12.9.